The summed E-state index contributed by atoms with van der Waals surface area (Å²) in [5.74, 6) is -0.406. The number of rotatable bonds is 11. The maximum absolute atomic E-state index is 13.2. The van der Waals surface area contributed by atoms with E-state index in [0.717, 1.165) is 55.3 Å². The van der Waals surface area contributed by atoms with Crippen molar-refractivity contribution in [3.05, 3.63) is 70.1 Å². The fraction of sp³-hybridized carbons (Fsp3) is 0.312. The van der Waals surface area contributed by atoms with Crippen molar-refractivity contribution in [2.75, 3.05) is 13.7 Å². The molecule has 0 N–H and O–H groups in total. The Morgan fingerprint density at radius 2 is 1.51 bits per heavy atom. The number of hydrogen-bond acceptors (Lipinski definition) is 7. The van der Waals surface area contributed by atoms with Crippen LogP contribution in [0.3, 0.4) is 0 Å². The van der Waals surface area contributed by atoms with E-state index in [1.165, 1.54) is 37.0 Å². The van der Waals surface area contributed by atoms with Gasteiger partial charge >= 0.3 is 11.9 Å². The fourth-order valence-corrected chi connectivity index (χ4v) is 7.34. The smallest absolute Gasteiger partial charge is 0.347 e. The topological polar surface area (TPSA) is 61.8 Å². The molecule has 0 bridgehead atoms. The molecule has 1 aliphatic rings. The summed E-state index contributed by atoms with van der Waals surface area (Å²) in [6.07, 6.45) is 6.02. The van der Waals surface area contributed by atoms with Crippen LogP contribution in [0.2, 0.25) is 0 Å². The van der Waals surface area contributed by atoms with Gasteiger partial charge in [0.1, 0.15) is 5.75 Å². The average Bonchev–Trinajstić information content (AvgIpc) is 3.55. The van der Waals surface area contributed by atoms with Crippen LogP contribution in [-0.4, -0.2) is 25.7 Å². The molecule has 0 radical (unpaired) electrons. The second kappa shape index (κ2) is 11.8. The molecule has 202 valence electrons. The van der Waals surface area contributed by atoms with Crippen LogP contribution in [0.25, 0.3) is 31.7 Å². The highest BCUT2D eigenvalue weighted by Crippen LogP contribution is 2.49. The molecule has 3 heterocycles. The van der Waals surface area contributed by atoms with Crippen LogP contribution >= 0.6 is 22.7 Å². The molecule has 39 heavy (non-hydrogen) atoms. The van der Waals surface area contributed by atoms with Gasteiger partial charge < -0.3 is 14.2 Å². The third-order valence-electron chi connectivity index (χ3n) is 7.05. The number of thiophene rings is 2. The van der Waals surface area contributed by atoms with Gasteiger partial charge in [-0.1, -0.05) is 62.1 Å². The highest BCUT2D eigenvalue weighted by molar-refractivity contribution is 7.21. The summed E-state index contributed by atoms with van der Waals surface area (Å²) in [7, 11) is 1.58. The fourth-order valence-electron chi connectivity index (χ4n) is 5.14. The van der Waals surface area contributed by atoms with Crippen LogP contribution in [0, 0.1) is 13.8 Å². The van der Waals surface area contributed by atoms with Gasteiger partial charge in [-0.25, -0.2) is 9.59 Å². The summed E-state index contributed by atoms with van der Waals surface area (Å²) in [5.41, 5.74) is 3.94. The number of carbonyl (C=O) groups is 2. The van der Waals surface area contributed by atoms with E-state index in [0.29, 0.717) is 16.2 Å². The summed E-state index contributed by atoms with van der Waals surface area (Å²) < 4.78 is 17.8. The molecule has 5 nitrogen and oxygen atoms in total. The van der Waals surface area contributed by atoms with E-state index in [1.54, 1.807) is 18.4 Å². The van der Waals surface area contributed by atoms with E-state index in [2.05, 4.69) is 19.1 Å². The third-order valence-corrected chi connectivity index (χ3v) is 9.44. The molecule has 4 aromatic rings. The molecule has 0 saturated heterocycles. The Morgan fingerprint density at radius 3 is 2.23 bits per heavy atom. The zero-order valence-electron chi connectivity index (χ0n) is 22.7. The lowest BCUT2D eigenvalue weighted by Crippen LogP contribution is -2.02. The Balaban J connectivity index is 1.49. The molecular formula is C32H32O5S2. The van der Waals surface area contributed by atoms with Gasteiger partial charge in [0.2, 0.25) is 0 Å². The molecule has 0 spiro atoms. The van der Waals surface area contributed by atoms with Crippen molar-refractivity contribution in [1.29, 1.82) is 0 Å². The van der Waals surface area contributed by atoms with E-state index in [1.807, 2.05) is 50.2 Å². The van der Waals surface area contributed by atoms with E-state index in [4.69, 9.17) is 14.2 Å². The maximum atomic E-state index is 13.2. The normalized spacial score (nSPS) is 13.4. The Morgan fingerprint density at radius 1 is 0.821 bits per heavy atom. The quantitative estimate of drug-likeness (QED) is 0.104. The molecule has 0 unspecified atom stereocenters. The molecular weight excluding hydrogens is 528 g/mol. The summed E-state index contributed by atoms with van der Waals surface area (Å²) in [5, 5.41) is 1.45. The molecule has 1 aliphatic heterocycles. The minimum absolute atomic E-state index is 0.271. The van der Waals surface area contributed by atoms with Gasteiger partial charge in [0.05, 0.1) is 30.4 Å². The SMILES string of the molecule is CCCCCCCOc1ccc(-c2sc(C)c(C3=C(c4c(OC)sc5ccccc45)C(=O)OC3=O)c2C)cc1. The number of esters is 2. The van der Waals surface area contributed by atoms with Gasteiger partial charge in [0.15, 0.2) is 5.06 Å². The Hall–Kier alpha value is -3.42. The van der Waals surface area contributed by atoms with Crippen LogP contribution in [0.1, 0.15) is 60.6 Å². The minimum atomic E-state index is -0.639. The van der Waals surface area contributed by atoms with E-state index < -0.39 is 11.9 Å². The zero-order chi connectivity index (χ0) is 27.5. The average molecular weight is 561 g/mol. The number of benzene rings is 2. The standard InChI is InChI=1S/C32H32O5S2/c1-5-6-7-8-11-18-36-22-16-14-21(15-17-22)29-19(2)25(20(3)38-29)27-28(31(34)37-30(27)33)26-23-12-9-10-13-24(23)39-32(26)35-4/h9-10,12-17H,5-8,11,18H2,1-4H3. The number of methoxy groups -OCH3 is 1. The Kier molecular flexibility index (Phi) is 8.19. The number of cyclic esters (lactones) is 2. The molecule has 7 heteroatoms. The summed E-state index contributed by atoms with van der Waals surface area (Å²) in [6.45, 7) is 6.92. The molecule has 0 amide bonds. The first kappa shape index (κ1) is 27.2. The summed E-state index contributed by atoms with van der Waals surface area (Å²) in [4.78, 5) is 28.3. The van der Waals surface area contributed by atoms with Crippen LogP contribution < -0.4 is 9.47 Å². The Labute approximate surface area is 237 Å². The van der Waals surface area contributed by atoms with Crippen LogP contribution in [0.15, 0.2) is 48.5 Å². The van der Waals surface area contributed by atoms with Crippen LogP contribution in [-0.2, 0) is 14.3 Å². The lowest BCUT2D eigenvalue weighted by Gasteiger charge is -2.08. The van der Waals surface area contributed by atoms with Crippen molar-refractivity contribution in [2.24, 2.45) is 0 Å². The number of carbonyl (C=O) groups excluding carboxylic acids is 2. The molecule has 2 aromatic heterocycles. The van der Waals surface area contributed by atoms with Crippen molar-refractivity contribution in [1.82, 2.24) is 0 Å². The first-order valence-corrected chi connectivity index (χ1v) is 15.0. The van der Waals surface area contributed by atoms with Crippen LogP contribution in [0.4, 0.5) is 0 Å². The van der Waals surface area contributed by atoms with Crippen LogP contribution in [0.5, 0.6) is 10.8 Å². The van der Waals surface area contributed by atoms with E-state index >= 15 is 0 Å². The van der Waals surface area contributed by atoms with E-state index in [-0.39, 0.29) is 5.57 Å². The van der Waals surface area contributed by atoms with Gasteiger partial charge in [-0.05, 0) is 61.7 Å². The van der Waals surface area contributed by atoms with Crippen molar-refractivity contribution in [3.63, 3.8) is 0 Å². The lowest BCUT2D eigenvalue weighted by atomic mass is 9.92. The highest BCUT2D eigenvalue weighted by Gasteiger charge is 2.40. The second-order valence-electron chi connectivity index (χ2n) is 9.67. The Bertz CT molecular complexity index is 1560. The first-order valence-electron chi connectivity index (χ1n) is 13.3. The van der Waals surface area contributed by atoms with Crippen molar-refractivity contribution >= 4 is 55.8 Å². The largest absolute Gasteiger partial charge is 0.494 e. The van der Waals surface area contributed by atoms with Gasteiger partial charge in [0, 0.05) is 25.4 Å². The monoisotopic (exact) mass is 560 g/mol. The summed E-state index contributed by atoms with van der Waals surface area (Å²) >= 11 is 3.06. The molecule has 2 aromatic carbocycles. The predicted octanol–water partition coefficient (Wildman–Crippen LogP) is 8.60. The first-order chi connectivity index (χ1) is 18.9. The molecule has 0 aliphatic carbocycles. The van der Waals surface area contributed by atoms with Crippen molar-refractivity contribution in [2.45, 2.75) is 52.9 Å². The minimum Gasteiger partial charge on any atom is -0.494 e. The lowest BCUT2D eigenvalue weighted by molar-refractivity contribution is -0.149. The highest BCUT2D eigenvalue weighted by atomic mass is 32.1. The molecule has 5 rings (SSSR count). The number of unbranched alkanes of at least 4 members (excludes halogenated alkanes) is 4. The van der Waals surface area contributed by atoms with Gasteiger partial charge in [-0.2, -0.15) is 0 Å². The number of aryl methyl sites for hydroxylation is 1. The third kappa shape index (κ3) is 5.25. The van der Waals surface area contributed by atoms with Crippen molar-refractivity contribution < 1.29 is 23.8 Å². The number of ether oxygens (including phenoxy) is 3. The second-order valence-corrected chi connectivity index (χ2v) is 11.9. The predicted molar refractivity (Wildman–Crippen MR) is 160 cm³/mol. The van der Waals surface area contributed by atoms with Gasteiger partial charge in [0.25, 0.3) is 0 Å². The van der Waals surface area contributed by atoms with Gasteiger partial charge in [-0.15, -0.1) is 11.3 Å². The molecule has 0 fully saturated rings. The molecule has 0 saturated carbocycles. The van der Waals surface area contributed by atoms with E-state index in [9.17, 15) is 9.59 Å². The van der Waals surface area contributed by atoms with Crippen molar-refractivity contribution in [3.8, 4) is 21.3 Å². The maximum Gasteiger partial charge on any atom is 0.347 e. The molecule has 0 atom stereocenters. The zero-order valence-corrected chi connectivity index (χ0v) is 24.4. The van der Waals surface area contributed by atoms with Gasteiger partial charge in [-0.3, -0.25) is 0 Å². The number of hydrogen-bond donors (Lipinski definition) is 0. The summed E-state index contributed by atoms with van der Waals surface area (Å²) in [6, 6.07) is 15.9. The number of fused-ring (bicyclic) bond motifs is 1.